The van der Waals surface area contributed by atoms with Crippen LogP contribution in [0.2, 0.25) is 0 Å². The summed E-state index contributed by atoms with van der Waals surface area (Å²) in [6, 6.07) is 9.26. The number of benzene rings is 1. The lowest BCUT2D eigenvalue weighted by Gasteiger charge is -2.17. The normalized spacial score (nSPS) is 10.4. The van der Waals surface area contributed by atoms with Gasteiger partial charge in [0, 0.05) is 38.1 Å². The molecule has 100 valence electrons. The lowest BCUT2D eigenvalue weighted by Crippen LogP contribution is -2.30. The van der Waals surface area contributed by atoms with E-state index in [9.17, 15) is 4.79 Å². The number of nitrogens with zero attached hydrogens (tertiary/aromatic N) is 3. The van der Waals surface area contributed by atoms with Crippen LogP contribution >= 0.6 is 0 Å². The second kappa shape index (κ2) is 6.15. The van der Waals surface area contributed by atoms with Gasteiger partial charge in [-0.3, -0.25) is 9.48 Å². The Morgan fingerprint density at radius 1 is 1.37 bits per heavy atom. The number of hydrogen-bond acceptors (Lipinski definition) is 3. The average Bonchev–Trinajstić information content (AvgIpc) is 2.97. The molecule has 2 rings (SSSR count). The Morgan fingerprint density at radius 2 is 2.11 bits per heavy atom. The highest BCUT2D eigenvalue weighted by Crippen LogP contribution is 2.06. The minimum Gasteiger partial charge on any atom is -0.340 e. The molecule has 0 bridgehead atoms. The molecule has 0 saturated carbocycles. The van der Waals surface area contributed by atoms with Crippen molar-refractivity contribution in [1.29, 1.82) is 0 Å². The van der Waals surface area contributed by atoms with Crippen molar-refractivity contribution in [2.24, 2.45) is 5.73 Å². The molecule has 5 heteroatoms. The minimum absolute atomic E-state index is 0.00993. The van der Waals surface area contributed by atoms with E-state index in [-0.39, 0.29) is 5.91 Å². The SMILES string of the molecule is CN(CCn1cccn1)C(=O)c1ccc(CN)cc1. The van der Waals surface area contributed by atoms with Crippen LogP contribution in [0.4, 0.5) is 0 Å². The van der Waals surface area contributed by atoms with Crippen molar-refractivity contribution in [1.82, 2.24) is 14.7 Å². The zero-order valence-corrected chi connectivity index (χ0v) is 11.0. The van der Waals surface area contributed by atoms with E-state index in [1.54, 1.807) is 22.8 Å². The predicted molar refractivity (Wildman–Crippen MR) is 73.5 cm³/mol. The summed E-state index contributed by atoms with van der Waals surface area (Å²) in [5, 5.41) is 4.11. The van der Waals surface area contributed by atoms with Gasteiger partial charge in [0.15, 0.2) is 0 Å². The van der Waals surface area contributed by atoms with Crippen LogP contribution in [0.5, 0.6) is 0 Å². The molecule has 2 aromatic rings. The Labute approximate surface area is 112 Å². The van der Waals surface area contributed by atoms with Crippen molar-refractivity contribution in [2.45, 2.75) is 13.1 Å². The standard InChI is InChI=1S/C14H18N4O/c1-17(9-10-18-8-2-7-16-18)14(19)13-5-3-12(11-15)4-6-13/h2-8H,9-11,15H2,1H3. The van der Waals surface area contributed by atoms with Gasteiger partial charge >= 0.3 is 0 Å². The summed E-state index contributed by atoms with van der Waals surface area (Å²) in [4.78, 5) is 13.9. The molecule has 1 aromatic heterocycles. The third-order valence-corrected chi connectivity index (χ3v) is 3.01. The zero-order valence-electron chi connectivity index (χ0n) is 11.0. The summed E-state index contributed by atoms with van der Waals surface area (Å²) in [5.41, 5.74) is 7.24. The number of rotatable bonds is 5. The third kappa shape index (κ3) is 3.42. The van der Waals surface area contributed by atoms with Gasteiger partial charge in [0.1, 0.15) is 0 Å². The first-order valence-corrected chi connectivity index (χ1v) is 6.22. The smallest absolute Gasteiger partial charge is 0.253 e. The first-order valence-electron chi connectivity index (χ1n) is 6.22. The highest BCUT2D eigenvalue weighted by Gasteiger charge is 2.11. The molecule has 2 N–H and O–H groups in total. The van der Waals surface area contributed by atoms with Crippen LogP contribution in [-0.4, -0.2) is 34.2 Å². The van der Waals surface area contributed by atoms with Crippen LogP contribution in [-0.2, 0) is 13.1 Å². The molecular weight excluding hydrogens is 240 g/mol. The highest BCUT2D eigenvalue weighted by atomic mass is 16.2. The van der Waals surface area contributed by atoms with Gasteiger partial charge in [-0.25, -0.2) is 0 Å². The van der Waals surface area contributed by atoms with Crippen molar-refractivity contribution >= 4 is 5.91 Å². The van der Waals surface area contributed by atoms with Crippen molar-refractivity contribution in [2.75, 3.05) is 13.6 Å². The maximum absolute atomic E-state index is 12.2. The molecule has 0 fully saturated rings. The highest BCUT2D eigenvalue weighted by molar-refractivity contribution is 5.94. The van der Waals surface area contributed by atoms with E-state index in [2.05, 4.69) is 5.10 Å². The molecule has 0 aliphatic heterocycles. The maximum Gasteiger partial charge on any atom is 0.253 e. The monoisotopic (exact) mass is 258 g/mol. The van der Waals surface area contributed by atoms with Gasteiger partial charge in [0.25, 0.3) is 5.91 Å². The number of hydrogen-bond donors (Lipinski definition) is 1. The minimum atomic E-state index is 0.00993. The molecule has 0 atom stereocenters. The van der Waals surface area contributed by atoms with E-state index < -0.39 is 0 Å². The van der Waals surface area contributed by atoms with E-state index >= 15 is 0 Å². The summed E-state index contributed by atoms with van der Waals surface area (Å²) in [7, 11) is 1.79. The number of carbonyl (C=O) groups is 1. The average molecular weight is 258 g/mol. The number of likely N-dealkylation sites (N-methyl/N-ethyl adjacent to an activating group) is 1. The van der Waals surface area contributed by atoms with Crippen molar-refractivity contribution in [3.8, 4) is 0 Å². The molecule has 1 aromatic carbocycles. The topological polar surface area (TPSA) is 64.2 Å². The Balaban J connectivity index is 1.94. The van der Waals surface area contributed by atoms with Crippen molar-refractivity contribution in [3.05, 3.63) is 53.9 Å². The number of amides is 1. The molecule has 0 spiro atoms. The summed E-state index contributed by atoms with van der Waals surface area (Å²) < 4.78 is 1.81. The summed E-state index contributed by atoms with van der Waals surface area (Å²) in [6.07, 6.45) is 3.61. The predicted octanol–water partition coefficient (Wildman–Crippen LogP) is 1.11. The fourth-order valence-electron chi connectivity index (χ4n) is 1.79. The van der Waals surface area contributed by atoms with Gasteiger partial charge in [0.2, 0.25) is 0 Å². The number of nitrogens with two attached hydrogens (primary N) is 1. The molecule has 0 unspecified atom stereocenters. The molecule has 0 saturated heterocycles. The Morgan fingerprint density at radius 3 is 2.68 bits per heavy atom. The fraction of sp³-hybridized carbons (Fsp3) is 0.286. The first-order chi connectivity index (χ1) is 9.20. The molecule has 1 amide bonds. The van der Waals surface area contributed by atoms with Crippen LogP contribution in [0.3, 0.4) is 0 Å². The summed E-state index contributed by atoms with van der Waals surface area (Å²) in [5.74, 6) is 0.00993. The third-order valence-electron chi connectivity index (χ3n) is 3.01. The zero-order chi connectivity index (χ0) is 13.7. The van der Waals surface area contributed by atoms with Gasteiger partial charge in [-0.2, -0.15) is 5.10 Å². The van der Waals surface area contributed by atoms with Gasteiger partial charge in [-0.1, -0.05) is 12.1 Å². The molecule has 1 heterocycles. The first kappa shape index (κ1) is 13.3. The van der Waals surface area contributed by atoms with Crippen molar-refractivity contribution < 1.29 is 4.79 Å². The molecule has 0 aliphatic rings. The Hall–Kier alpha value is -2.14. The maximum atomic E-state index is 12.2. The number of carbonyl (C=O) groups excluding carboxylic acids is 1. The number of aromatic nitrogens is 2. The fourth-order valence-corrected chi connectivity index (χ4v) is 1.79. The molecule has 19 heavy (non-hydrogen) atoms. The lowest BCUT2D eigenvalue weighted by atomic mass is 10.1. The van der Waals surface area contributed by atoms with Crippen LogP contribution in [0.15, 0.2) is 42.7 Å². The van der Waals surface area contributed by atoms with Gasteiger partial charge in [-0.05, 0) is 23.8 Å². The second-order valence-electron chi connectivity index (χ2n) is 4.40. The molecular formula is C14H18N4O. The van der Waals surface area contributed by atoms with E-state index in [1.807, 2.05) is 36.5 Å². The van der Waals surface area contributed by atoms with Crippen LogP contribution in [0.25, 0.3) is 0 Å². The van der Waals surface area contributed by atoms with Crippen LogP contribution < -0.4 is 5.73 Å². The molecule has 0 aliphatic carbocycles. The Bertz CT molecular complexity index is 519. The molecule has 0 radical (unpaired) electrons. The van der Waals surface area contributed by atoms with Crippen LogP contribution in [0.1, 0.15) is 15.9 Å². The van der Waals surface area contributed by atoms with E-state index in [0.29, 0.717) is 25.2 Å². The summed E-state index contributed by atoms with van der Waals surface area (Å²) >= 11 is 0. The summed E-state index contributed by atoms with van der Waals surface area (Å²) in [6.45, 7) is 1.80. The van der Waals surface area contributed by atoms with E-state index in [0.717, 1.165) is 5.56 Å². The van der Waals surface area contributed by atoms with Gasteiger partial charge in [0.05, 0.1) is 6.54 Å². The van der Waals surface area contributed by atoms with Crippen molar-refractivity contribution in [3.63, 3.8) is 0 Å². The second-order valence-corrected chi connectivity index (χ2v) is 4.40. The van der Waals surface area contributed by atoms with Crippen LogP contribution in [0, 0.1) is 0 Å². The van der Waals surface area contributed by atoms with Gasteiger partial charge < -0.3 is 10.6 Å². The van der Waals surface area contributed by atoms with Gasteiger partial charge in [-0.15, -0.1) is 0 Å². The molecule has 5 nitrogen and oxygen atoms in total. The lowest BCUT2D eigenvalue weighted by molar-refractivity contribution is 0.0789. The van der Waals surface area contributed by atoms with E-state index in [1.165, 1.54) is 0 Å². The largest absolute Gasteiger partial charge is 0.340 e. The van der Waals surface area contributed by atoms with E-state index in [4.69, 9.17) is 5.73 Å². The Kier molecular flexibility index (Phi) is 4.30. The quantitative estimate of drug-likeness (QED) is 0.874.